The van der Waals surface area contributed by atoms with Crippen LogP contribution in [0.15, 0.2) is 11.8 Å². The molecule has 12 atom stereocenters. The normalized spacial score (nSPS) is 36.9. The topological polar surface area (TPSA) is 278 Å². The van der Waals surface area contributed by atoms with Crippen molar-refractivity contribution in [3.05, 3.63) is 11.8 Å². The van der Waals surface area contributed by atoms with E-state index in [4.69, 9.17) is 41.3 Å². The van der Waals surface area contributed by atoms with Gasteiger partial charge in [-0.1, -0.05) is 0 Å². The Balaban J connectivity index is 1.90. The summed E-state index contributed by atoms with van der Waals surface area (Å²) in [6.07, 6.45) is -6.56. The maximum atomic E-state index is 12.9. The zero-order chi connectivity index (χ0) is 35.3. The summed E-state index contributed by atoms with van der Waals surface area (Å²) in [5.74, 6) is -1.01. The Kier molecular flexibility index (Phi) is 13.8. The molecule has 0 aromatic carbocycles. The number of carbonyl (C=O) groups excluding carboxylic acids is 2. The van der Waals surface area contributed by atoms with Crippen LogP contribution in [0.1, 0.15) is 47.0 Å². The van der Waals surface area contributed by atoms with E-state index in [0.717, 1.165) is 4.90 Å². The Bertz CT molecular complexity index is 1080. The first kappa shape index (κ1) is 39.3. The minimum absolute atomic E-state index is 0.0102. The fourth-order valence-electron chi connectivity index (χ4n) is 6.42. The molecule has 3 rings (SSSR count). The lowest BCUT2D eigenvalue weighted by atomic mass is 9.72. The summed E-state index contributed by atoms with van der Waals surface area (Å²) < 4.78 is 23.6. The minimum Gasteiger partial charge on any atom is -0.492 e. The molecule has 1 saturated carbocycles. The first-order valence-corrected chi connectivity index (χ1v) is 16.1. The summed E-state index contributed by atoms with van der Waals surface area (Å²) >= 11 is 0. The number of amides is 2. The molecular formula is C30H56N6O11. The molecule has 272 valence electrons. The molecular weight excluding hydrogens is 620 g/mol. The number of ether oxygens (including phenoxy) is 4. The van der Waals surface area contributed by atoms with Crippen LogP contribution in [-0.4, -0.2) is 155 Å². The number of hydrogen-bond acceptors (Lipinski definition) is 15. The molecule has 2 heterocycles. The van der Waals surface area contributed by atoms with Crippen molar-refractivity contribution in [1.29, 1.82) is 0 Å². The molecule has 0 spiro atoms. The number of hydrogen-bond donors (Lipinski definition) is 10. The third-order valence-electron chi connectivity index (χ3n) is 8.68. The van der Waals surface area contributed by atoms with Gasteiger partial charge in [0.2, 0.25) is 5.91 Å². The molecule has 0 radical (unpaired) electrons. The number of rotatable bonds is 12. The highest BCUT2D eigenvalue weighted by atomic mass is 16.7. The largest absolute Gasteiger partial charge is 0.492 e. The van der Waals surface area contributed by atoms with Crippen LogP contribution in [0.25, 0.3) is 0 Å². The summed E-state index contributed by atoms with van der Waals surface area (Å²) in [5, 5.41) is 59.7. The number of aliphatic hydroxyl groups excluding tert-OH is 4. The van der Waals surface area contributed by atoms with Crippen LogP contribution in [-0.2, 0) is 23.7 Å². The Labute approximate surface area is 275 Å². The van der Waals surface area contributed by atoms with Gasteiger partial charge in [0, 0.05) is 31.6 Å². The van der Waals surface area contributed by atoms with Gasteiger partial charge in [-0.2, -0.15) is 0 Å². The van der Waals surface area contributed by atoms with E-state index in [0.29, 0.717) is 25.3 Å². The summed E-state index contributed by atoms with van der Waals surface area (Å²) in [6.45, 7) is 6.72. The number of nitrogens with zero attached hydrogens (tertiary/aromatic N) is 1. The Hall–Kier alpha value is -2.16. The molecule has 0 bridgehead atoms. The average molecular weight is 677 g/mol. The number of aliphatic hydroxyl groups is 5. The predicted molar refractivity (Wildman–Crippen MR) is 168 cm³/mol. The lowest BCUT2D eigenvalue weighted by Gasteiger charge is -2.51. The number of nitrogens with two attached hydrogens (primary N) is 3. The second-order valence-corrected chi connectivity index (χ2v) is 13.9. The van der Waals surface area contributed by atoms with Crippen molar-refractivity contribution in [3.8, 4) is 0 Å². The maximum Gasteiger partial charge on any atom is 0.410 e. The molecule has 17 nitrogen and oxygen atoms in total. The summed E-state index contributed by atoms with van der Waals surface area (Å²) in [7, 11) is 1.37. The lowest BCUT2D eigenvalue weighted by Crippen LogP contribution is -2.70. The first-order valence-electron chi connectivity index (χ1n) is 16.1. The van der Waals surface area contributed by atoms with Crippen LogP contribution in [0, 0.1) is 5.92 Å². The van der Waals surface area contributed by atoms with E-state index < -0.39 is 90.1 Å². The van der Waals surface area contributed by atoms with Crippen LogP contribution in [0.4, 0.5) is 4.79 Å². The van der Waals surface area contributed by atoms with E-state index in [1.807, 2.05) is 6.08 Å². The molecule has 2 aliphatic heterocycles. The minimum atomic E-state index is -1.73. The molecule has 17 heteroatoms. The highest BCUT2D eigenvalue weighted by molar-refractivity contribution is 5.80. The smallest absolute Gasteiger partial charge is 0.410 e. The monoisotopic (exact) mass is 676 g/mol. The summed E-state index contributed by atoms with van der Waals surface area (Å²) in [4.78, 5) is 26.9. The van der Waals surface area contributed by atoms with E-state index in [-0.39, 0.29) is 32.6 Å². The van der Waals surface area contributed by atoms with Gasteiger partial charge in [-0.3, -0.25) is 4.79 Å². The lowest BCUT2D eigenvalue weighted by molar-refractivity contribution is -0.305. The van der Waals surface area contributed by atoms with Crippen LogP contribution in [0.5, 0.6) is 0 Å². The average Bonchev–Trinajstić information content (AvgIpc) is 2.96. The standard InChI is InChI=1S/C30H56N6O11/c1-29(2,3)47-28(42)36(5)25-22(40)27(44-14-30(25,4)43)46-24-18(35-26(41)19(38)8-9-31)12-17(33)20(21(24)39)23-16(32)7-6-15(45-23)13-34-10-11-37/h6,16-25,27,34,37-40,43H,7-14,31-33H2,1-5H3,(H,35,41)/t16-,17+,18-,19-,20-,21+,22-,23?,24+,25-,27-,30+/m1/s1. The quantitative estimate of drug-likeness (QED) is 0.0901. The van der Waals surface area contributed by atoms with Gasteiger partial charge in [-0.05, 0) is 59.6 Å². The zero-order valence-electron chi connectivity index (χ0n) is 27.9. The first-order chi connectivity index (χ1) is 21.9. The van der Waals surface area contributed by atoms with Crippen LogP contribution in [0.3, 0.4) is 0 Å². The zero-order valence-corrected chi connectivity index (χ0v) is 27.9. The molecule has 1 saturated heterocycles. The van der Waals surface area contributed by atoms with Gasteiger partial charge >= 0.3 is 6.09 Å². The van der Waals surface area contributed by atoms with Crippen LogP contribution in [0.2, 0.25) is 0 Å². The molecule has 1 unspecified atom stereocenters. The van der Waals surface area contributed by atoms with Crippen molar-refractivity contribution in [1.82, 2.24) is 15.5 Å². The molecule has 47 heavy (non-hydrogen) atoms. The van der Waals surface area contributed by atoms with E-state index in [2.05, 4.69) is 10.6 Å². The fraction of sp³-hybridized carbons (Fsp3) is 0.867. The second-order valence-electron chi connectivity index (χ2n) is 13.9. The van der Waals surface area contributed by atoms with Crippen LogP contribution < -0.4 is 27.8 Å². The predicted octanol–water partition coefficient (Wildman–Crippen LogP) is -3.44. The van der Waals surface area contributed by atoms with Gasteiger partial charge in [-0.15, -0.1) is 0 Å². The Morgan fingerprint density at radius 2 is 1.89 bits per heavy atom. The fourth-order valence-corrected chi connectivity index (χ4v) is 6.42. The summed E-state index contributed by atoms with van der Waals surface area (Å²) in [6, 6.07) is -3.55. The molecule has 2 fully saturated rings. The second kappa shape index (κ2) is 16.5. The number of nitrogens with one attached hydrogen (secondary N) is 2. The third-order valence-corrected chi connectivity index (χ3v) is 8.68. The Morgan fingerprint density at radius 1 is 1.21 bits per heavy atom. The van der Waals surface area contributed by atoms with Crippen molar-refractivity contribution < 1.29 is 54.1 Å². The molecule has 0 aromatic rings. The van der Waals surface area contributed by atoms with Gasteiger partial charge in [-0.25, -0.2) is 4.79 Å². The molecule has 0 aromatic heterocycles. The van der Waals surface area contributed by atoms with E-state index in [9.17, 15) is 30.0 Å². The third kappa shape index (κ3) is 9.95. The highest BCUT2D eigenvalue weighted by Crippen LogP contribution is 2.37. The number of likely N-dealkylation sites (N-methyl/N-ethyl adjacent to an activating group) is 1. The maximum absolute atomic E-state index is 12.9. The van der Waals surface area contributed by atoms with Crippen molar-refractivity contribution in [2.75, 3.05) is 39.9 Å². The van der Waals surface area contributed by atoms with Gasteiger partial charge < -0.3 is 77.2 Å². The van der Waals surface area contributed by atoms with Crippen molar-refractivity contribution in [2.24, 2.45) is 23.1 Å². The number of carbonyl (C=O) groups is 2. The summed E-state index contributed by atoms with van der Waals surface area (Å²) in [5.41, 5.74) is 16.0. The van der Waals surface area contributed by atoms with Crippen LogP contribution >= 0.6 is 0 Å². The van der Waals surface area contributed by atoms with E-state index in [1.54, 1.807) is 20.8 Å². The van der Waals surface area contributed by atoms with E-state index >= 15 is 0 Å². The highest BCUT2D eigenvalue weighted by Gasteiger charge is 2.55. The van der Waals surface area contributed by atoms with Crippen molar-refractivity contribution in [2.45, 2.75) is 119 Å². The Morgan fingerprint density at radius 3 is 2.51 bits per heavy atom. The van der Waals surface area contributed by atoms with Crippen molar-refractivity contribution >= 4 is 12.0 Å². The van der Waals surface area contributed by atoms with Crippen molar-refractivity contribution in [3.63, 3.8) is 0 Å². The molecule has 3 aliphatic rings. The van der Waals surface area contributed by atoms with Gasteiger partial charge in [0.25, 0.3) is 0 Å². The van der Waals surface area contributed by atoms with E-state index in [1.165, 1.54) is 14.0 Å². The van der Waals surface area contributed by atoms with Gasteiger partial charge in [0.1, 0.15) is 41.4 Å². The SMILES string of the molecule is CN(C(=O)OC(C)(C)C)[C@@H]1[C@@H](O)[C@@H](O[C@@H]2[C@@H](O)[C@H](C3OC(CNCCO)=CC[C@H]3N)[C@@H](N)C[C@H]2NC(=O)[C@H](O)CCN)OC[C@]1(C)O. The molecule has 2 amide bonds. The molecule has 1 aliphatic carbocycles. The molecule has 13 N–H and O–H groups in total. The van der Waals surface area contributed by atoms with Gasteiger partial charge in [0.05, 0.1) is 37.9 Å². The van der Waals surface area contributed by atoms with Gasteiger partial charge in [0.15, 0.2) is 6.29 Å².